The van der Waals surface area contributed by atoms with Crippen molar-refractivity contribution in [3.63, 3.8) is 0 Å². The van der Waals surface area contributed by atoms with Gasteiger partial charge in [0.05, 0.1) is 0 Å². The zero-order chi connectivity index (χ0) is 14.7. The van der Waals surface area contributed by atoms with E-state index in [-0.39, 0.29) is 11.9 Å². The van der Waals surface area contributed by atoms with E-state index >= 15 is 0 Å². The fourth-order valence-electron chi connectivity index (χ4n) is 2.22. The number of hydrogen-bond acceptors (Lipinski definition) is 3. The minimum atomic E-state index is -0.210. The second-order valence-electron chi connectivity index (χ2n) is 5.16. The molecule has 0 radical (unpaired) electrons. The molecule has 1 aromatic carbocycles. The summed E-state index contributed by atoms with van der Waals surface area (Å²) in [6.45, 7) is 4.37. The Balaban J connectivity index is 2.33. The van der Waals surface area contributed by atoms with Crippen LogP contribution in [0.3, 0.4) is 0 Å². The molecule has 0 aliphatic rings. The lowest BCUT2D eigenvalue weighted by Crippen LogP contribution is -2.20. The maximum absolute atomic E-state index is 13.7. The summed E-state index contributed by atoms with van der Waals surface area (Å²) in [5.74, 6) is -0.210. The Labute approximate surface area is 119 Å². The molecule has 0 saturated heterocycles. The number of nitrogens with zero attached hydrogens (tertiary/aromatic N) is 2. The number of nitrogens with two attached hydrogens (primary N) is 1. The first-order chi connectivity index (χ1) is 9.49. The first kappa shape index (κ1) is 14.5. The third-order valence-corrected chi connectivity index (χ3v) is 3.38. The summed E-state index contributed by atoms with van der Waals surface area (Å²) >= 11 is 0. The monoisotopic (exact) mass is 273 g/mol. The topological polar surface area (TPSA) is 42.2 Å². The van der Waals surface area contributed by atoms with Crippen LogP contribution in [-0.2, 0) is 6.54 Å². The van der Waals surface area contributed by atoms with Gasteiger partial charge in [0.2, 0.25) is 0 Å². The maximum Gasteiger partial charge on any atom is 0.126 e. The number of aromatic nitrogens is 1. The van der Waals surface area contributed by atoms with Crippen molar-refractivity contribution in [2.75, 3.05) is 11.9 Å². The standard InChI is InChI=1S/C16H20FN3/c1-11-8-16(14(12(2)18)9-15(11)17)20(3)10-13-4-6-19-7-5-13/h4-9,12H,10,18H2,1-3H3/t12-/m1/s1. The van der Waals surface area contributed by atoms with Gasteiger partial charge in [-0.1, -0.05) is 0 Å². The quantitative estimate of drug-likeness (QED) is 0.930. The third kappa shape index (κ3) is 3.14. The summed E-state index contributed by atoms with van der Waals surface area (Å²) in [7, 11) is 1.99. The lowest BCUT2D eigenvalue weighted by atomic mass is 10.0. The Morgan fingerprint density at radius 3 is 2.55 bits per heavy atom. The number of rotatable bonds is 4. The van der Waals surface area contributed by atoms with Crippen molar-refractivity contribution in [1.82, 2.24) is 4.98 Å². The maximum atomic E-state index is 13.7. The Morgan fingerprint density at radius 1 is 1.30 bits per heavy atom. The van der Waals surface area contributed by atoms with Crippen LogP contribution in [-0.4, -0.2) is 12.0 Å². The highest BCUT2D eigenvalue weighted by Crippen LogP contribution is 2.28. The van der Waals surface area contributed by atoms with E-state index in [1.807, 2.05) is 32.2 Å². The van der Waals surface area contributed by atoms with Crippen LogP contribution in [0.5, 0.6) is 0 Å². The summed E-state index contributed by atoms with van der Waals surface area (Å²) in [6.07, 6.45) is 3.54. The predicted molar refractivity (Wildman–Crippen MR) is 80.1 cm³/mol. The molecule has 0 spiro atoms. The fourth-order valence-corrected chi connectivity index (χ4v) is 2.22. The van der Waals surface area contributed by atoms with E-state index < -0.39 is 0 Å². The summed E-state index contributed by atoms with van der Waals surface area (Å²) in [5, 5.41) is 0. The zero-order valence-electron chi connectivity index (χ0n) is 12.1. The minimum absolute atomic E-state index is 0.208. The summed E-state index contributed by atoms with van der Waals surface area (Å²) < 4.78 is 13.7. The van der Waals surface area contributed by atoms with E-state index in [0.29, 0.717) is 5.56 Å². The minimum Gasteiger partial charge on any atom is -0.370 e. The number of aryl methyl sites for hydroxylation is 1. The van der Waals surface area contributed by atoms with Crippen LogP contribution < -0.4 is 10.6 Å². The van der Waals surface area contributed by atoms with Crippen molar-refractivity contribution in [3.05, 3.63) is 59.2 Å². The molecule has 1 atom stereocenters. The van der Waals surface area contributed by atoms with Crippen LogP contribution in [0.25, 0.3) is 0 Å². The van der Waals surface area contributed by atoms with Gasteiger partial charge in [-0.3, -0.25) is 4.98 Å². The molecule has 0 saturated carbocycles. The van der Waals surface area contributed by atoms with Crippen molar-refractivity contribution >= 4 is 5.69 Å². The molecule has 0 fully saturated rings. The van der Waals surface area contributed by atoms with Gasteiger partial charge in [-0.2, -0.15) is 0 Å². The SMILES string of the molecule is Cc1cc(N(C)Cc2ccncc2)c([C@@H](C)N)cc1F. The molecule has 3 nitrogen and oxygen atoms in total. The third-order valence-electron chi connectivity index (χ3n) is 3.38. The average molecular weight is 273 g/mol. The van der Waals surface area contributed by atoms with E-state index in [1.165, 1.54) is 0 Å². The molecule has 4 heteroatoms. The fraction of sp³-hybridized carbons (Fsp3) is 0.312. The number of pyridine rings is 1. The zero-order valence-corrected chi connectivity index (χ0v) is 12.1. The van der Waals surface area contributed by atoms with Crippen molar-refractivity contribution in [1.29, 1.82) is 0 Å². The molecule has 20 heavy (non-hydrogen) atoms. The average Bonchev–Trinajstić information content (AvgIpc) is 2.42. The Bertz CT molecular complexity index is 582. The molecule has 1 aromatic heterocycles. The predicted octanol–water partition coefficient (Wildman–Crippen LogP) is 3.19. The molecule has 0 unspecified atom stereocenters. The molecular formula is C16H20FN3. The molecule has 1 heterocycles. The number of halogens is 1. The number of hydrogen-bond donors (Lipinski definition) is 1. The molecule has 0 amide bonds. The normalized spacial score (nSPS) is 12.2. The van der Waals surface area contributed by atoms with Gasteiger partial charge in [0, 0.05) is 37.7 Å². The van der Waals surface area contributed by atoms with Crippen LogP contribution in [0.15, 0.2) is 36.7 Å². The van der Waals surface area contributed by atoms with Crippen molar-refractivity contribution in [2.45, 2.75) is 26.4 Å². The van der Waals surface area contributed by atoms with Crippen molar-refractivity contribution < 1.29 is 4.39 Å². The molecule has 2 rings (SSSR count). The Morgan fingerprint density at radius 2 is 1.95 bits per heavy atom. The van der Waals surface area contributed by atoms with Crippen LogP contribution in [0.1, 0.15) is 29.7 Å². The highest BCUT2D eigenvalue weighted by molar-refractivity contribution is 5.56. The molecule has 2 aromatic rings. The van der Waals surface area contributed by atoms with Crippen LogP contribution in [0.4, 0.5) is 10.1 Å². The summed E-state index contributed by atoms with van der Waals surface area (Å²) in [6, 6.07) is 7.13. The number of benzene rings is 1. The Hall–Kier alpha value is -1.94. The highest BCUT2D eigenvalue weighted by Gasteiger charge is 2.14. The van der Waals surface area contributed by atoms with Crippen LogP contribution in [0.2, 0.25) is 0 Å². The smallest absolute Gasteiger partial charge is 0.126 e. The second kappa shape index (κ2) is 6.01. The lowest BCUT2D eigenvalue weighted by Gasteiger charge is -2.25. The van der Waals surface area contributed by atoms with Crippen LogP contribution >= 0.6 is 0 Å². The van der Waals surface area contributed by atoms with Gasteiger partial charge in [0.1, 0.15) is 5.82 Å². The van der Waals surface area contributed by atoms with E-state index in [4.69, 9.17) is 5.73 Å². The second-order valence-corrected chi connectivity index (χ2v) is 5.16. The summed E-state index contributed by atoms with van der Waals surface area (Å²) in [4.78, 5) is 6.09. The van der Waals surface area contributed by atoms with E-state index in [1.54, 1.807) is 25.4 Å². The van der Waals surface area contributed by atoms with Crippen molar-refractivity contribution in [3.8, 4) is 0 Å². The van der Waals surface area contributed by atoms with Gasteiger partial charge in [-0.25, -0.2) is 4.39 Å². The summed E-state index contributed by atoms with van der Waals surface area (Å²) in [5.41, 5.74) is 9.54. The van der Waals surface area contributed by atoms with Gasteiger partial charge in [0.25, 0.3) is 0 Å². The molecule has 0 aliphatic heterocycles. The first-order valence-corrected chi connectivity index (χ1v) is 6.64. The molecule has 0 bridgehead atoms. The van der Waals surface area contributed by atoms with Gasteiger partial charge >= 0.3 is 0 Å². The van der Waals surface area contributed by atoms with Gasteiger partial charge in [0.15, 0.2) is 0 Å². The van der Waals surface area contributed by atoms with Crippen molar-refractivity contribution in [2.24, 2.45) is 5.73 Å². The van der Waals surface area contributed by atoms with E-state index in [9.17, 15) is 4.39 Å². The molecule has 106 valence electrons. The first-order valence-electron chi connectivity index (χ1n) is 6.64. The number of anilines is 1. The molecular weight excluding hydrogens is 253 g/mol. The molecule has 2 N–H and O–H groups in total. The largest absolute Gasteiger partial charge is 0.370 e. The molecule has 0 aliphatic carbocycles. The highest BCUT2D eigenvalue weighted by atomic mass is 19.1. The van der Waals surface area contributed by atoms with Gasteiger partial charge in [-0.05, 0) is 54.8 Å². The Kier molecular flexibility index (Phi) is 4.35. The van der Waals surface area contributed by atoms with Gasteiger partial charge in [-0.15, -0.1) is 0 Å². The lowest BCUT2D eigenvalue weighted by molar-refractivity contribution is 0.612. The van der Waals surface area contributed by atoms with Crippen LogP contribution in [0, 0.1) is 12.7 Å². The van der Waals surface area contributed by atoms with Gasteiger partial charge < -0.3 is 10.6 Å². The van der Waals surface area contributed by atoms with E-state index in [0.717, 1.165) is 23.4 Å². The van der Waals surface area contributed by atoms with E-state index in [2.05, 4.69) is 9.88 Å².